The number of benzene rings is 2. The molecular formula is C19H23NO. The Balaban J connectivity index is 1.92. The fraction of sp³-hybridized carbons (Fsp3) is 0.316. The number of hydrogen-bond donors (Lipinski definition) is 0. The first kappa shape index (κ1) is 15.3. The molecule has 2 aromatic carbocycles. The van der Waals surface area contributed by atoms with E-state index in [4.69, 9.17) is 0 Å². The van der Waals surface area contributed by atoms with Crippen molar-refractivity contribution in [2.75, 3.05) is 11.9 Å². The fourth-order valence-electron chi connectivity index (χ4n) is 2.28. The summed E-state index contributed by atoms with van der Waals surface area (Å²) in [7, 11) is 1.83. The Morgan fingerprint density at radius 1 is 1.00 bits per heavy atom. The maximum absolute atomic E-state index is 12.2. The quantitative estimate of drug-likeness (QED) is 0.795. The number of aryl methyl sites for hydroxylation is 1. The van der Waals surface area contributed by atoms with Gasteiger partial charge in [-0.25, -0.2) is 0 Å². The monoisotopic (exact) mass is 281 g/mol. The van der Waals surface area contributed by atoms with Crippen molar-refractivity contribution in [3.05, 3.63) is 65.7 Å². The lowest BCUT2D eigenvalue weighted by Crippen LogP contribution is -2.26. The van der Waals surface area contributed by atoms with Crippen LogP contribution in [0.1, 0.15) is 37.3 Å². The maximum atomic E-state index is 12.2. The van der Waals surface area contributed by atoms with Crippen LogP contribution in [0.25, 0.3) is 0 Å². The van der Waals surface area contributed by atoms with Crippen LogP contribution < -0.4 is 4.90 Å². The van der Waals surface area contributed by atoms with Gasteiger partial charge in [0.15, 0.2) is 0 Å². The summed E-state index contributed by atoms with van der Waals surface area (Å²) in [5.74, 6) is 0.694. The first-order valence-electron chi connectivity index (χ1n) is 7.48. The highest BCUT2D eigenvalue weighted by Crippen LogP contribution is 2.17. The van der Waals surface area contributed by atoms with Crippen molar-refractivity contribution in [1.29, 1.82) is 0 Å². The molecule has 21 heavy (non-hydrogen) atoms. The van der Waals surface area contributed by atoms with Crippen LogP contribution in [0.3, 0.4) is 0 Å². The predicted molar refractivity (Wildman–Crippen MR) is 88.7 cm³/mol. The summed E-state index contributed by atoms with van der Waals surface area (Å²) < 4.78 is 0. The molecule has 0 saturated heterocycles. The molecule has 0 aliphatic heterocycles. The fourth-order valence-corrected chi connectivity index (χ4v) is 2.28. The highest BCUT2D eigenvalue weighted by atomic mass is 16.2. The third kappa shape index (κ3) is 4.19. The number of nitrogens with zero attached hydrogens (tertiary/aromatic N) is 1. The lowest BCUT2D eigenvalue weighted by atomic mass is 10.0. The SMILES string of the molecule is CC(C)c1ccc(CCC(=O)N(C)c2ccccc2)cc1. The molecule has 0 atom stereocenters. The van der Waals surface area contributed by atoms with Crippen molar-refractivity contribution in [1.82, 2.24) is 0 Å². The second-order valence-corrected chi connectivity index (χ2v) is 5.68. The summed E-state index contributed by atoms with van der Waals surface area (Å²) in [6.45, 7) is 4.38. The lowest BCUT2D eigenvalue weighted by molar-refractivity contribution is -0.118. The average molecular weight is 281 g/mol. The van der Waals surface area contributed by atoms with Crippen LogP contribution in [0.5, 0.6) is 0 Å². The number of carbonyl (C=O) groups is 1. The molecule has 0 heterocycles. The number of rotatable bonds is 5. The summed E-state index contributed by atoms with van der Waals surface area (Å²) in [5, 5.41) is 0. The van der Waals surface area contributed by atoms with Crippen LogP contribution >= 0.6 is 0 Å². The molecule has 0 N–H and O–H groups in total. The van der Waals surface area contributed by atoms with Gasteiger partial charge in [0.05, 0.1) is 0 Å². The molecule has 2 aromatic rings. The minimum atomic E-state index is 0.147. The van der Waals surface area contributed by atoms with E-state index in [1.54, 1.807) is 4.90 Å². The van der Waals surface area contributed by atoms with Gasteiger partial charge in [-0.15, -0.1) is 0 Å². The molecule has 0 aromatic heterocycles. The third-order valence-corrected chi connectivity index (χ3v) is 3.79. The van der Waals surface area contributed by atoms with E-state index >= 15 is 0 Å². The highest BCUT2D eigenvalue weighted by Gasteiger charge is 2.10. The normalized spacial score (nSPS) is 10.7. The molecule has 0 radical (unpaired) electrons. The Morgan fingerprint density at radius 3 is 2.19 bits per heavy atom. The van der Waals surface area contributed by atoms with Crippen molar-refractivity contribution >= 4 is 11.6 Å². The van der Waals surface area contributed by atoms with Gasteiger partial charge < -0.3 is 4.90 Å². The van der Waals surface area contributed by atoms with Crippen LogP contribution in [-0.4, -0.2) is 13.0 Å². The standard InChI is InChI=1S/C19H23NO/c1-15(2)17-12-9-16(10-13-17)11-14-19(21)20(3)18-7-5-4-6-8-18/h4-10,12-13,15H,11,14H2,1-3H3. The molecule has 2 nitrogen and oxygen atoms in total. The molecule has 0 saturated carbocycles. The predicted octanol–water partition coefficient (Wildman–Crippen LogP) is 4.41. The average Bonchev–Trinajstić information content (AvgIpc) is 2.53. The first-order chi connectivity index (χ1) is 10.1. The van der Waals surface area contributed by atoms with Gasteiger partial charge in [0.2, 0.25) is 5.91 Å². The topological polar surface area (TPSA) is 20.3 Å². The van der Waals surface area contributed by atoms with Gasteiger partial charge in [-0.05, 0) is 35.6 Å². The van der Waals surface area contributed by atoms with E-state index in [1.165, 1.54) is 11.1 Å². The molecular weight excluding hydrogens is 258 g/mol. The van der Waals surface area contributed by atoms with E-state index < -0.39 is 0 Å². The third-order valence-electron chi connectivity index (χ3n) is 3.79. The Hall–Kier alpha value is -2.09. The van der Waals surface area contributed by atoms with Gasteiger partial charge in [-0.1, -0.05) is 56.3 Å². The van der Waals surface area contributed by atoms with Crippen molar-refractivity contribution in [2.24, 2.45) is 0 Å². The molecule has 110 valence electrons. The minimum absolute atomic E-state index is 0.147. The van der Waals surface area contributed by atoms with Gasteiger partial charge >= 0.3 is 0 Å². The van der Waals surface area contributed by atoms with Gasteiger partial charge in [0, 0.05) is 19.2 Å². The summed E-state index contributed by atoms with van der Waals surface area (Å²) in [6.07, 6.45) is 1.32. The summed E-state index contributed by atoms with van der Waals surface area (Å²) in [5.41, 5.74) is 3.50. The first-order valence-corrected chi connectivity index (χ1v) is 7.48. The lowest BCUT2D eigenvalue weighted by Gasteiger charge is -2.17. The van der Waals surface area contributed by atoms with E-state index in [-0.39, 0.29) is 5.91 Å². The smallest absolute Gasteiger partial charge is 0.227 e. The van der Waals surface area contributed by atoms with Crippen LogP contribution in [0.15, 0.2) is 54.6 Å². The van der Waals surface area contributed by atoms with Crippen LogP contribution in [0.4, 0.5) is 5.69 Å². The van der Waals surface area contributed by atoms with E-state index in [0.29, 0.717) is 12.3 Å². The van der Waals surface area contributed by atoms with E-state index in [0.717, 1.165) is 12.1 Å². The minimum Gasteiger partial charge on any atom is -0.315 e. The van der Waals surface area contributed by atoms with Crippen molar-refractivity contribution in [3.8, 4) is 0 Å². The molecule has 0 unspecified atom stereocenters. The molecule has 0 aliphatic carbocycles. The molecule has 0 bridgehead atoms. The van der Waals surface area contributed by atoms with Gasteiger partial charge in [0.25, 0.3) is 0 Å². The second-order valence-electron chi connectivity index (χ2n) is 5.68. The van der Waals surface area contributed by atoms with Crippen LogP contribution in [0.2, 0.25) is 0 Å². The number of carbonyl (C=O) groups excluding carboxylic acids is 1. The Kier molecular flexibility index (Phi) is 5.15. The zero-order chi connectivity index (χ0) is 15.2. The molecule has 2 rings (SSSR count). The van der Waals surface area contributed by atoms with Crippen molar-refractivity contribution in [2.45, 2.75) is 32.6 Å². The summed E-state index contributed by atoms with van der Waals surface area (Å²) in [4.78, 5) is 13.9. The number of hydrogen-bond acceptors (Lipinski definition) is 1. The number of amides is 1. The van der Waals surface area contributed by atoms with Crippen LogP contribution in [-0.2, 0) is 11.2 Å². The molecule has 1 amide bonds. The molecule has 0 fully saturated rings. The van der Waals surface area contributed by atoms with Crippen molar-refractivity contribution in [3.63, 3.8) is 0 Å². The van der Waals surface area contributed by atoms with Crippen molar-refractivity contribution < 1.29 is 4.79 Å². The van der Waals surface area contributed by atoms with E-state index in [1.807, 2.05) is 37.4 Å². The maximum Gasteiger partial charge on any atom is 0.227 e. The highest BCUT2D eigenvalue weighted by molar-refractivity contribution is 5.92. The zero-order valence-electron chi connectivity index (χ0n) is 13.0. The number of anilines is 1. The molecule has 0 aliphatic rings. The Morgan fingerprint density at radius 2 is 1.62 bits per heavy atom. The van der Waals surface area contributed by atoms with Gasteiger partial charge in [0.1, 0.15) is 0 Å². The Labute approximate surface area is 127 Å². The number of para-hydroxylation sites is 1. The largest absolute Gasteiger partial charge is 0.315 e. The molecule has 0 spiro atoms. The molecule has 2 heteroatoms. The summed E-state index contributed by atoms with van der Waals surface area (Å²) >= 11 is 0. The van der Waals surface area contributed by atoms with Gasteiger partial charge in [-0.2, -0.15) is 0 Å². The van der Waals surface area contributed by atoms with E-state index in [9.17, 15) is 4.79 Å². The van der Waals surface area contributed by atoms with E-state index in [2.05, 4.69) is 38.1 Å². The second kappa shape index (κ2) is 7.07. The summed E-state index contributed by atoms with van der Waals surface area (Å²) in [6, 6.07) is 18.3. The van der Waals surface area contributed by atoms with Gasteiger partial charge in [-0.3, -0.25) is 4.79 Å². The zero-order valence-corrected chi connectivity index (χ0v) is 13.0. The van der Waals surface area contributed by atoms with Crippen LogP contribution in [0, 0.1) is 0 Å². The Bertz CT molecular complexity index is 572.